The van der Waals surface area contributed by atoms with E-state index in [-0.39, 0.29) is 12.2 Å². The van der Waals surface area contributed by atoms with E-state index in [1.165, 1.54) is 6.20 Å². The molecule has 0 unspecified atom stereocenters. The highest BCUT2D eigenvalue weighted by Crippen LogP contribution is 2.05. The number of rotatable bonds is 6. The van der Waals surface area contributed by atoms with Crippen LogP contribution in [0.15, 0.2) is 12.4 Å². The summed E-state index contributed by atoms with van der Waals surface area (Å²) in [6.45, 7) is 6.90. The van der Waals surface area contributed by atoms with Gasteiger partial charge in [-0.3, -0.25) is 14.3 Å². The van der Waals surface area contributed by atoms with Crippen LogP contribution in [0.3, 0.4) is 0 Å². The fraction of sp³-hybridized carbons (Fsp3) is 0.583. The highest BCUT2D eigenvalue weighted by molar-refractivity contribution is 6.05. The molecule has 0 aliphatic rings. The van der Waals surface area contributed by atoms with Crippen LogP contribution in [-0.2, 0) is 16.1 Å². The predicted molar refractivity (Wildman–Crippen MR) is 62.6 cm³/mol. The average molecular weight is 238 g/mol. The maximum Gasteiger partial charge on any atom is 0.313 e. The minimum atomic E-state index is -0.492. The van der Waals surface area contributed by atoms with Gasteiger partial charge in [0.05, 0.1) is 18.4 Å². The molecule has 94 valence electrons. The Bertz CT molecular complexity index is 396. The van der Waals surface area contributed by atoms with Gasteiger partial charge in [0.1, 0.15) is 6.42 Å². The number of hydrogen-bond donors (Lipinski definition) is 0. The first kappa shape index (κ1) is 13.4. The van der Waals surface area contributed by atoms with E-state index in [2.05, 4.69) is 18.9 Å². The molecule has 1 rings (SSSR count). The van der Waals surface area contributed by atoms with Crippen molar-refractivity contribution in [2.24, 2.45) is 5.92 Å². The molecular weight excluding hydrogens is 220 g/mol. The summed E-state index contributed by atoms with van der Waals surface area (Å²) in [6, 6.07) is 0. The summed E-state index contributed by atoms with van der Waals surface area (Å²) in [7, 11) is 0. The van der Waals surface area contributed by atoms with Crippen molar-refractivity contribution in [2.45, 2.75) is 33.7 Å². The molecule has 1 aromatic heterocycles. The molecule has 0 saturated heterocycles. The third-order valence-electron chi connectivity index (χ3n) is 2.12. The quantitative estimate of drug-likeness (QED) is 0.429. The molecule has 0 aliphatic carbocycles. The molecule has 0 saturated carbocycles. The van der Waals surface area contributed by atoms with Crippen LogP contribution in [0.1, 0.15) is 37.6 Å². The summed E-state index contributed by atoms with van der Waals surface area (Å²) in [5.41, 5.74) is 0.457. The molecular formula is C12H18N2O3. The van der Waals surface area contributed by atoms with Gasteiger partial charge in [-0.25, -0.2) is 0 Å². The van der Waals surface area contributed by atoms with E-state index in [0.29, 0.717) is 18.1 Å². The number of ketones is 1. The zero-order chi connectivity index (χ0) is 12.8. The third kappa shape index (κ3) is 4.38. The van der Waals surface area contributed by atoms with Crippen molar-refractivity contribution >= 4 is 11.8 Å². The van der Waals surface area contributed by atoms with Gasteiger partial charge in [0.25, 0.3) is 0 Å². The van der Waals surface area contributed by atoms with Gasteiger partial charge in [0.2, 0.25) is 0 Å². The number of carbonyl (C=O) groups is 2. The monoisotopic (exact) mass is 238 g/mol. The summed E-state index contributed by atoms with van der Waals surface area (Å²) >= 11 is 0. The van der Waals surface area contributed by atoms with E-state index in [1.807, 2.05) is 0 Å². The Morgan fingerprint density at radius 3 is 2.76 bits per heavy atom. The van der Waals surface area contributed by atoms with Crippen LogP contribution in [0.5, 0.6) is 0 Å². The molecule has 0 aromatic carbocycles. The fourth-order valence-electron chi connectivity index (χ4n) is 1.43. The molecule has 1 heterocycles. The second kappa shape index (κ2) is 6.18. The molecule has 0 bridgehead atoms. The highest BCUT2D eigenvalue weighted by Gasteiger charge is 2.14. The second-order valence-corrected chi connectivity index (χ2v) is 4.25. The van der Waals surface area contributed by atoms with E-state index >= 15 is 0 Å². The summed E-state index contributed by atoms with van der Waals surface area (Å²) < 4.78 is 6.43. The first-order valence-corrected chi connectivity index (χ1v) is 5.74. The standard InChI is InChI=1S/C12H18N2O3/c1-4-17-12(16)5-11(15)10-6-13-14(8-10)7-9(2)3/h6,8-9H,4-5,7H2,1-3H3. The second-order valence-electron chi connectivity index (χ2n) is 4.25. The Morgan fingerprint density at radius 1 is 1.47 bits per heavy atom. The van der Waals surface area contributed by atoms with Crippen LogP contribution in [0, 0.1) is 5.92 Å². The highest BCUT2D eigenvalue weighted by atomic mass is 16.5. The van der Waals surface area contributed by atoms with Gasteiger partial charge in [0.15, 0.2) is 5.78 Å². The van der Waals surface area contributed by atoms with Crippen LogP contribution in [0.2, 0.25) is 0 Å². The van der Waals surface area contributed by atoms with Crippen molar-refractivity contribution in [1.29, 1.82) is 0 Å². The van der Waals surface area contributed by atoms with Crippen molar-refractivity contribution in [1.82, 2.24) is 9.78 Å². The largest absolute Gasteiger partial charge is 0.466 e. The zero-order valence-corrected chi connectivity index (χ0v) is 10.5. The molecule has 1 aromatic rings. The molecule has 0 amide bonds. The minimum Gasteiger partial charge on any atom is -0.466 e. The number of ether oxygens (including phenoxy) is 1. The Labute approximate surface area is 101 Å². The van der Waals surface area contributed by atoms with Gasteiger partial charge in [-0.2, -0.15) is 5.10 Å². The Balaban J connectivity index is 2.57. The number of nitrogens with zero attached hydrogens (tertiary/aromatic N) is 2. The lowest BCUT2D eigenvalue weighted by Gasteiger charge is -2.03. The van der Waals surface area contributed by atoms with Crippen LogP contribution in [0.25, 0.3) is 0 Å². The number of esters is 1. The first-order valence-electron chi connectivity index (χ1n) is 5.74. The van der Waals surface area contributed by atoms with Gasteiger partial charge in [-0.15, -0.1) is 0 Å². The predicted octanol–water partition coefficient (Wildman–Crippen LogP) is 1.68. The van der Waals surface area contributed by atoms with Crippen LogP contribution in [-0.4, -0.2) is 28.1 Å². The number of aromatic nitrogens is 2. The lowest BCUT2D eigenvalue weighted by Crippen LogP contribution is -2.11. The van der Waals surface area contributed by atoms with Crippen molar-refractivity contribution in [2.75, 3.05) is 6.61 Å². The van der Waals surface area contributed by atoms with E-state index in [0.717, 1.165) is 6.54 Å². The van der Waals surface area contributed by atoms with Gasteiger partial charge in [0, 0.05) is 12.7 Å². The molecule has 0 fully saturated rings. The lowest BCUT2D eigenvalue weighted by molar-refractivity contribution is -0.141. The Kier molecular flexibility index (Phi) is 4.87. The van der Waals surface area contributed by atoms with E-state index in [1.54, 1.807) is 17.8 Å². The van der Waals surface area contributed by atoms with Crippen molar-refractivity contribution in [3.8, 4) is 0 Å². The zero-order valence-electron chi connectivity index (χ0n) is 10.5. The SMILES string of the molecule is CCOC(=O)CC(=O)c1cnn(CC(C)C)c1. The van der Waals surface area contributed by atoms with E-state index in [9.17, 15) is 9.59 Å². The van der Waals surface area contributed by atoms with Crippen LogP contribution >= 0.6 is 0 Å². The lowest BCUT2D eigenvalue weighted by atomic mass is 10.2. The van der Waals surface area contributed by atoms with Crippen LogP contribution < -0.4 is 0 Å². The topological polar surface area (TPSA) is 61.2 Å². The molecule has 0 N–H and O–H groups in total. The maximum atomic E-state index is 11.7. The van der Waals surface area contributed by atoms with Crippen LogP contribution in [0.4, 0.5) is 0 Å². The van der Waals surface area contributed by atoms with Crippen molar-refractivity contribution in [3.05, 3.63) is 18.0 Å². The van der Waals surface area contributed by atoms with E-state index < -0.39 is 5.97 Å². The molecule has 0 aliphatic heterocycles. The third-order valence-corrected chi connectivity index (χ3v) is 2.12. The maximum absolute atomic E-state index is 11.7. The number of carbonyl (C=O) groups excluding carboxylic acids is 2. The summed E-state index contributed by atoms with van der Waals surface area (Å²) in [5.74, 6) is -0.282. The van der Waals surface area contributed by atoms with Gasteiger partial charge in [-0.1, -0.05) is 13.8 Å². The van der Waals surface area contributed by atoms with Crippen molar-refractivity contribution < 1.29 is 14.3 Å². The first-order chi connectivity index (χ1) is 8.02. The fourth-order valence-corrected chi connectivity index (χ4v) is 1.43. The average Bonchev–Trinajstić information content (AvgIpc) is 2.65. The molecule has 0 spiro atoms. The van der Waals surface area contributed by atoms with Gasteiger partial charge in [-0.05, 0) is 12.8 Å². The van der Waals surface area contributed by atoms with Gasteiger partial charge >= 0.3 is 5.97 Å². The minimum absolute atomic E-state index is 0.221. The van der Waals surface area contributed by atoms with Gasteiger partial charge < -0.3 is 4.74 Å². The molecule has 0 radical (unpaired) electrons. The number of hydrogen-bond acceptors (Lipinski definition) is 4. The summed E-state index contributed by atoms with van der Waals surface area (Å²) in [4.78, 5) is 22.8. The smallest absolute Gasteiger partial charge is 0.313 e. The number of Topliss-reactive ketones (excluding diaryl/α,β-unsaturated/α-hetero) is 1. The van der Waals surface area contributed by atoms with Crippen molar-refractivity contribution in [3.63, 3.8) is 0 Å². The summed E-state index contributed by atoms with van der Waals surface area (Å²) in [6.07, 6.45) is 2.94. The Morgan fingerprint density at radius 2 is 2.18 bits per heavy atom. The molecule has 5 heteroatoms. The molecule has 17 heavy (non-hydrogen) atoms. The Hall–Kier alpha value is -1.65. The van der Waals surface area contributed by atoms with E-state index in [4.69, 9.17) is 4.74 Å². The normalized spacial score (nSPS) is 10.6. The summed E-state index contributed by atoms with van der Waals surface area (Å²) in [5, 5.41) is 4.07. The molecule has 5 nitrogen and oxygen atoms in total. The molecule has 0 atom stereocenters.